The molecular weight excluding hydrogens is 377 g/mol. The first kappa shape index (κ1) is 17.6. The Morgan fingerprint density at radius 2 is 2.07 bits per heavy atom. The summed E-state index contributed by atoms with van der Waals surface area (Å²) in [4.78, 5) is 16.2. The molecule has 28 heavy (non-hydrogen) atoms. The number of amides is 1. The normalized spacial score (nSPS) is 11.7. The Kier molecular flexibility index (Phi) is 4.26. The summed E-state index contributed by atoms with van der Waals surface area (Å²) in [6, 6.07) is 6.74. The zero-order valence-electron chi connectivity index (χ0n) is 14.0. The molecule has 4 rings (SSSR count). The fraction of sp³-hybridized carbons (Fsp3) is 0.118. The van der Waals surface area contributed by atoms with Crippen LogP contribution in [0.5, 0.6) is 0 Å². The first-order chi connectivity index (χ1) is 13.4. The molecule has 0 saturated carbocycles. The van der Waals surface area contributed by atoms with E-state index in [1.807, 2.05) is 0 Å². The molecule has 1 N–H and O–H groups in total. The molecule has 4 aromatic heterocycles. The van der Waals surface area contributed by atoms with Crippen LogP contribution in [0.25, 0.3) is 17.0 Å². The third-order valence-corrected chi connectivity index (χ3v) is 3.90. The van der Waals surface area contributed by atoms with Gasteiger partial charge in [0.25, 0.3) is 5.91 Å². The van der Waals surface area contributed by atoms with Gasteiger partial charge in [0.05, 0.1) is 12.1 Å². The van der Waals surface area contributed by atoms with E-state index < -0.39 is 17.6 Å². The van der Waals surface area contributed by atoms with Gasteiger partial charge in [0.1, 0.15) is 0 Å². The van der Waals surface area contributed by atoms with E-state index >= 15 is 0 Å². The maximum absolute atomic E-state index is 12.8. The Morgan fingerprint density at radius 1 is 1.21 bits per heavy atom. The minimum atomic E-state index is -4.47. The zero-order chi connectivity index (χ0) is 19.7. The number of carbonyl (C=O) groups excluding carboxylic acids is 1. The minimum Gasteiger partial charge on any atom is -0.355 e. The van der Waals surface area contributed by atoms with Crippen molar-refractivity contribution in [3.63, 3.8) is 0 Å². The molecule has 0 aliphatic heterocycles. The second kappa shape index (κ2) is 6.76. The van der Waals surface area contributed by atoms with Gasteiger partial charge in [0.2, 0.25) is 0 Å². The number of hydrogen-bond donors (Lipinski definition) is 1. The Bertz CT molecular complexity index is 1140. The van der Waals surface area contributed by atoms with Crippen molar-refractivity contribution in [1.29, 1.82) is 0 Å². The summed E-state index contributed by atoms with van der Waals surface area (Å²) in [7, 11) is 0. The van der Waals surface area contributed by atoms with E-state index in [1.54, 1.807) is 24.5 Å². The van der Waals surface area contributed by atoms with E-state index in [-0.39, 0.29) is 23.7 Å². The summed E-state index contributed by atoms with van der Waals surface area (Å²) in [5.41, 5.74) is -0.0853. The number of alkyl halides is 3. The zero-order valence-corrected chi connectivity index (χ0v) is 14.0. The van der Waals surface area contributed by atoms with E-state index in [0.717, 1.165) is 12.1 Å². The first-order valence-electron chi connectivity index (χ1n) is 7.98. The molecule has 4 heterocycles. The maximum Gasteiger partial charge on any atom is 0.416 e. The van der Waals surface area contributed by atoms with Crippen LogP contribution in [0.3, 0.4) is 0 Å². The summed E-state index contributed by atoms with van der Waals surface area (Å²) in [5.74, 6) is 0.126. The number of nitrogens with zero attached hydrogens (tertiary/aromatic N) is 5. The number of halogens is 3. The summed E-state index contributed by atoms with van der Waals surface area (Å²) in [6.45, 7) is -0.0551. The van der Waals surface area contributed by atoms with Crippen LogP contribution in [0.4, 0.5) is 13.2 Å². The second-order valence-electron chi connectivity index (χ2n) is 5.76. The maximum atomic E-state index is 12.8. The highest BCUT2D eigenvalue weighted by Gasteiger charge is 2.31. The summed E-state index contributed by atoms with van der Waals surface area (Å²) < 4.78 is 44.8. The van der Waals surface area contributed by atoms with Crippen molar-refractivity contribution in [2.24, 2.45) is 0 Å². The molecule has 0 aliphatic rings. The molecule has 8 nitrogen and oxygen atoms in total. The Morgan fingerprint density at radius 3 is 2.82 bits per heavy atom. The molecule has 0 radical (unpaired) electrons. The van der Waals surface area contributed by atoms with Crippen molar-refractivity contribution in [3.05, 3.63) is 66.0 Å². The molecule has 0 saturated heterocycles. The van der Waals surface area contributed by atoms with Crippen LogP contribution >= 0.6 is 0 Å². The average Bonchev–Trinajstić information content (AvgIpc) is 3.33. The SMILES string of the molecule is O=C(NCc1nnc2cc(C(F)(F)F)ccn12)c1cc(-c2cccnc2)on1. The number of nitrogens with one attached hydrogen (secondary N) is 1. The van der Waals surface area contributed by atoms with Crippen molar-refractivity contribution in [1.82, 2.24) is 30.1 Å². The topological polar surface area (TPSA) is 98.2 Å². The van der Waals surface area contributed by atoms with Gasteiger partial charge < -0.3 is 9.84 Å². The standard InChI is InChI=1S/C17H11F3N6O2/c18-17(19,20)11-3-5-26-14(6-11)23-24-15(26)9-22-16(27)12-7-13(28-25-12)10-2-1-4-21-8-10/h1-8H,9H2,(H,22,27). The van der Waals surface area contributed by atoms with Crippen LogP contribution < -0.4 is 5.32 Å². The van der Waals surface area contributed by atoms with Crippen LogP contribution in [0.1, 0.15) is 21.9 Å². The van der Waals surface area contributed by atoms with Gasteiger partial charge in [0.15, 0.2) is 22.9 Å². The van der Waals surface area contributed by atoms with Gasteiger partial charge >= 0.3 is 6.18 Å². The van der Waals surface area contributed by atoms with Crippen LogP contribution in [-0.4, -0.2) is 30.6 Å². The monoisotopic (exact) mass is 388 g/mol. The Balaban J connectivity index is 1.47. The van der Waals surface area contributed by atoms with E-state index in [1.165, 1.54) is 16.7 Å². The molecule has 142 valence electrons. The Hall–Kier alpha value is -3.76. The predicted molar refractivity (Wildman–Crippen MR) is 88.9 cm³/mol. The number of carbonyl (C=O) groups is 1. The number of hydrogen-bond acceptors (Lipinski definition) is 6. The molecule has 4 aromatic rings. The lowest BCUT2D eigenvalue weighted by Gasteiger charge is -2.06. The van der Waals surface area contributed by atoms with Crippen LogP contribution in [0.2, 0.25) is 0 Å². The number of rotatable bonds is 4. The molecule has 0 atom stereocenters. The highest BCUT2D eigenvalue weighted by Crippen LogP contribution is 2.29. The molecule has 0 unspecified atom stereocenters. The molecule has 0 bridgehead atoms. The van der Waals surface area contributed by atoms with Gasteiger partial charge in [-0.05, 0) is 24.3 Å². The van der Waals surface area contributed by atoms with E-state index in [2.05, 4.69) is 25.7 Å². The third-order valence-electron chi connectivity index (χ3n) is 3.90. The smallest absolute Gasteiger partial charge is 0.355 e. The van der Waals surface area contributed by atoms with Gasteiger partial charge in [-0.15, -0.1) is 10.2 Å². The first-order valence-corrected chi connectivity index (χ1v) is 7.98. The van der Waals surface area contributed by atoms with Crippen molar-refractivity contribution in [2.45, 2.75) is 12.7 Å². The lowest BCUT2D eigenvalue weighted by molar-refractivity contribution is -0.137. The van der Waals surface area contributed by atoms with E-state index in [9.17, 15) is 18.0 Å². The quantitative estimate of drug-likeness (QED) is 0.577. The largest absolute Gasteiger partial charge is 0.416 e. The van der Waals surface area contributed by atoms with Gasteiger partial charge in [-0.2, -0.15) is 13.2 Å². The number of pyridine rings is 2. The van der Waals surface area contributed by atoms with Crippen molar-refractivity contribution in [2.75, 3.05) is 0 Å². The lowest BCUT2D eigenvalue weighted by Crippen LogP contribution is -2.24. The molecular formula is C17H11F3N6O2. The second-order valence-corrected chi connectivity index (χ2v) is 5.76. The minimum absolute atomic E-state index is 0.0272. The lowest BCUT2D eigenvalue weighted by atomic mass is 10.2. The van der Waals surface area contributed by atoms with Crippen molar-refractivity contribution in [3.8, 4) is 11.3 Å². The van der Waals surface area contributed by atoms with Crippen LogP contribution in [0.15, 0.2) is 53.4 Å². The van der Waals surface area contributed by atoms with Crippen molar-refractivity contribution >= 4 is 11.6 Å². The fourth-order valence-electron chi connectivity index (χ4n) is 2.51. The highest BCUT2D eigenvalue weighted by atomic mass is 19.4. The molecule has 0 fully saturated rings. The van der Waals surface area contributed by atoms with Crippen LogP contribution in [0, 0.1) is 0 Å². The van der Waals surface area contributed by atoms with E-state index in [4.69, 9.17) is 4.52 Å². The van der Waals surface area contributed by atoms with Gasteiger partial charge in [-0.25, -0.2) is 0 Å². The highest BCUT2D eigenvalue weighted by molar-refractivity contribution is 5.92. The Labute approximate surface area is 155 Å². The molecule has 1 amide bonds. The van der Waals surface area contributed by atoms with Crippen LogP contribution in [-0.2, 0) is 12.7 Å². The predicted octanol–water partition coefficient (Wildman–Crippen LogP) is 2.73. The van der Waals surface area contributed by atoms with Gasteiger partial charge in [-0.1, -0.05) is 5.16 Å². The molecule has 0 spiro atoms. The van der Waals surface area contributed by atoms with Gasteiger partial charge in [-0.3, -0.25) is 14.2 Å². The number of aromatic nitrogens is 5. The van der Waals surface area contributed by atoms with Crippen molar-refractivity contribution < 1.29 is 22.5 Å². The molecule has 0 aliphatic carbocycles. The summed E-state index contributed by atoms with van der Waals surface area (Å²) in [6.07, 6.45) is -0.0922. The molecule has 11 heteroatoms. The third kappa shape index (κ3) is 3.41. The van der Waals surface area contributed by atoms with E-state index in [0.29, 0.717) is 11.3 Å². The summed E-state index contributed by atoms with van der Waals surface area (Å²) in [5, 5.41) is 13.8. The number of fused-ring (bicyclic) bond motifs is 1. The average molecular weight is 388 g/mol. The fourth-order valence-corrected chi connectivity index (χ4v) is 2.51. The van der Waals surface area contributed by atoms with Gasteiger partial charge in [0, 0.05) is 30.2 Å². The molecule has 0 aromatic carbocycles. The summed E-state index contributed by atoms with van der Waals surface area (Å²) >= 11 is 0.